The Morgan fingerprint density at radius 2 is 1.88 bits per heavy atom. The number of benzene rings is 1. The highest BCUT2D eigenvalue weighted by molar-refractivity contribution is 7.20. The summed E-state index contributed by atoms with van der Waals surface area (Å²) < 4.78 is 20.0. The molecule has 26 heavy (non-hydrogen) atoms. The molecule has 0 aliphatic heterocycles. The van der Waals surface area contributed by atoms with E-state index in [0.29, 0.717) is 28.1 Å². The van der Waals surface area contributed by atoms with Gasteiger partial charge < -0.3 is 14.5 Å². The molecule has 2 rings (SSSR count). The molecule has 2 aromatic rings. The predicted octanol–water partition coefficient (Wildman–Crippen LogP) is 3.39. The molecular weight excluding hydrogens is 355 g/mol. The van der Waals surface area contributed by atoms with Crippen LogP contribution >= 0.6 is 11.3 Å². The fourth-order valence-corrected chi connectivity index (χ4v) is 3.43. The van der Waals surface area contributed by atoms with Gasteiger partial charge in [0, 0.05) is 23.2 Å². The maximum absolute atomic E-state index is 13.9. The van der Waals surface area contributed by atoms with Crippen molar-refractivity contribution in [2.45, 2.75) is 26.4 Å². The summed E-state index contributed by atoms with van der Waals surface area (Å²) in [5.41, 5.74) is -0.617. The largest absolute Gasteiger partial charge is 0.459 e. The minimum absolute atomic E-state index is 0.138. The summed E-state index contributed by atoms with van der Waals surface area (Å²) in [6, 6.07) is 6.31. The zero-order valence-electron chi connectivity index (χ0n) is 15.8. The van der Waals surface area contributed by atoms with Crippen LogP contribution in [0.15, 0.2) is 24.3 Å². The van der Waals surface area contributed by atoms with Gasteiger partial charge in [-0.3, -0.25) is 9.59 Å². The zero-order chi connectivity index (χ0) is 19.5. The van der Waals surface area contributed by atoms with E-state index < -0.39 is 11.6 Å². The number of hydrogen-bond acceptors (Lipinski definition) is 5. The van der Waals surface area contributed by atoms with Crippen LogP contribution in [-0.4, -0.2) is 61.0 Å². The average Bonchev–Trinajstić information content (AvgIpc) is 2.94. The monoisotopic (exact) mass is 380 g/mol. The van der Waals surface area contributed by atoms with E-state index >= 15 is 0 Å². The van der Waals surface area contributed by atoms with Crippen molar-refractivity contribution < 1.29 is 18.7 Å². The van der Waals surface area contributed by atoms with E-state index in [0.717, 1.165) is 0 Å². The summed E-state index contributed by atoms with van der Waals surface area (Å²) in [7, 11) is 3.79. The van der Waals surface area contributed by atoms with Gasteiger partial charge in [-0.1, -0.05) is 6.07 Å². The van der Waals surface area contributed by atoms with Crippen LogP contribution in [0.3, 0.4) is 0 Å². The molecule has 1 heterocycles. The molecule has 1 aromatic heterocycles. The van der Waals surface area contributed by atoms with Crippen molar-refractivity contribution in [2.75, 3.05) is 33.7 Å². The van der Waals surface area contributed by atoms with E-state index in [2.05, 4.69) is 0 Å². The molecule has 0 unspecified atom stereocenters. The second-order valence-corrected chi connectivity index (χ2v) is 8.46. The third-order valence-corrected chi connectivity index (χ3v) is 4.65. The summed E-state index contributed by atoms with van der Waals surface area (Å²) in [5.74, 6) is -1.11. The molecule has 0 saturated carbocycles. The van der Waals surface area contributed by atoms with Gasteiger partial charge in [-0.05, 0) is 53.1 Å². The molecule has 0 fully saturated rings. The van der Waals surface area contributed by atoms with Crippen molar-refractivity contribution in [3.63, 3.8) is 0 Å². The van der Waals surface area contributed by atoms with Gasteiger partial charge in [0.2, 0.25) is 0 Å². The number of fused-ring (bicyclic) bond motifs is 1. The lowest BCUT2D eigenvalue weighted by Crippen LogP contribution is -2.41. The van der Waals surface area contributed by atoms with Gasteiger partial charge in [0.1, 0.15) is 18.0 Å². The molecular formula is C19H25FN2O3S. The highest BCUT2D eigenvalue weighted by Gasteiger charge is 2.24. The SMILES string of the molecule is CN(C)CCN(CC(=O)OC(C)(C)C)C(=O)c1cc2c(F)cccc2s1. The number of halogens is 1. The van der Waals surface area contributed by atoms with Crippen LogP contribution in [0.2, 0.25) is 0 Å². The number of nitrogens with zero attached hydrogens (tertiary/aromatic N) is 2. The predicted molar refractivity (Wildman–Crippen MR) is 102 cm³/mol. The number of hydrogen-bond donors (Lipinski definition) is 0. The zero-order valence-corrected chi connectivity index (χ0v) is 16.7. The molecule has 5 nitrogen and oxygen atoms in total. The molecule has 0 atom stereocenters. The van der Waals surface area contributed by atoms with E-state index in [4.69, 9.17) is 4.74 Å². The maximum atomic E-state index is 13.9. The Bertz CT molecular complexity index is 796. The second-order valence-electron chi connectivity index (χ2n) is 7.38. The molecule has 0 saturated heterocycles. The summed E-state index contributed by atoms with van der Waals surface area (Å²) in [6.45, 7) is 6.19. The van der Waals surface area contributed by atoms with Gasteiger partial charge in [0.05, 0.1) is 4.88 Å². The second kappa shape index (κ2) is 8.14. The molecule has 0 radical (unpaired) electrons. The van der Waals surface area contributed by atoms with Crippen LogP contribution in [0.25, 0.3) is 10.1 Å². The summed E-state index contributed by atoms with van der Waals surface area (Å²) in [6.07, 6.45) is 0. The third kappa shape index (κ3) is 5.51. The summed E-state index contributed by atoms with van der Waals surface area (Å²) >= 11 is 1.23. The fourth-order valence-electron chi connectivity index (χ4n) is 2.39. The highest BCUT2D eigenvalue weighted by atomic mass is 32.1. The molecule has 1 aromatic carbocycles. The van der Waals surface area contributed by atoms with Crippen molar-refractivity contribution in [2.24, 2.45) is 0 Å². The molecule has 0 aliphatic rings. The Hall–Kier alpha value is -1.99. The van der Waals surface area contributed by atoms with Crippen molar-refractivity contribution in [1.29, 1.82) is 0 Å². The Balaban J connectivity index is 2.23. The van der Waals surface area contributed by atoms with Gasteiger partial charge in [0.15, 0.2) is 0 Å². The number of carbonyl (C=O) groups is 2. The first-order valence-corrected chi connectivity index (χ1v) is 9.22. The standard InChI is InChI=1S/C19H25FN2O3S/c1-19(2,3)25-17(23)12-22(10-9-21(4)5)18(24)16-11-13-14(20)7-6-8-15(13)26-16/h6-8,11H,9-10,12H2,1-5H3. The van der Waals surface area contributed by atoms with E-state index in [1.54, 1.807) is 39.0 Å². The number of rotatable bonds is 6. The third-order valence-electron chi connectivity index (χ3n) is 3.56. The normalized spacial score (nSPS) is 11.8. The molecule has 1 amide bonds. The Morgan fingerprint density at radius 1 is 1.19 bits per heavy atom. The Kier molecular flexibility index (Phi) is 6.36. The summed E-state index contributed by atoms with van der Waals surface area (Å²) in [5, 5.41) is 0.422. The molecule has 0 spiro atoms. The number of amides is 1. The van der Waals surface area contributed by atoms with Crippen LogP contribution in [0.4, 0.5) is 4.39 Å². The van der Waals surface area contributed by atoms with Crippen LogP contribution in [0, 0.1) is 5.82 Å². The number of thiophene rings is 1. The van der Waals surface area contributed by atoms with Gasteiger partial charge in [0.25, 0.3) is 5.91 Å². The highest BCUT2D eigenvalue weighted by Crippen LogP contribution is 2.28. The van der Waals surface area contributed by atoms with E-state index in [-0.39, 0.29) is 18.3 Å². The van der Waals surface area contributed by atoms with Crippen molar-refractivity contribution >= 4 is 33.3 Å². The van der Waals surface area contributed by atoms with Crippen molar-refractivity contribution in [3.05, 3.63) is 35.0 Å². The van der Waals surface area contributed by atoms with E-state index in [1.165, 1.54) is 22.3 Å². The molecule has 0 N–H and O–H groups in total. The average molecular weight is 380 g/mol. The number of ether oxygens (including phenoxy) is 1. The molecule has 0 bridgehead atoms. The minimum Gasteiger partial charge on any atom is -0.459 e. The number of esters is 1. The van der Waals surface area contributed by atoms with Gasteiger partial charge in [-0.15, -0.1) is 11.3 Å². The fraction of sp³-hybridized carbons (Fsp3) is 0.474. The van der Waals surface area contributed by atoms with Crippen LogP contribution in [0.1, 0.15) is 30.4 Å². The van der Waals surface area contributed by atoms with Gasteiger partial charge in [-0.2, -0.15) is 0 Å². The Labute approximate surface area is 157 Å². The van der Waals surface area contributed by atoms with Crippen LogP contribution in [-0.2, 0) is 9.53 Å². The summed E-state index contributed by atoms with van der Waals surface area (Å²) in [4.78, 5) is 28.9. The molecule has 0 aliphatic carbocycles. The molecule has 142 valence electrons. The topological polar surface area (TPSA) is 49.9 Å². The quantitative estimate of drug-likeness (QED) is 0.721. The lowest BCUT2D eigenvalue weighted by molar-refractivity contribution is -0.155. The number of carbonyl (C=O) groups excluding carboxylic acids is 2. The van der Waals surface area contributed by atoms with Crippen LogP contribution in [0.5, 0.6) is 0 Å². The first kappa shape index (κ1) is 20.3. The lowest BCUT2D eigenvalue weighted by Gasteiger charge is -2.26. The first-order valence-electron chi connectivity index (χ1n) is 8.41. The number of likely N-dealkylation sites (N-methyl/N-ethyl adjacent to an activating group) is 1. The Morgan fingerprint density at radius 3 is 2.46 bits per heavy atom. The lowest BCUT2D eigenvalue weighted by atomic mass is 10.2. The maximum Gasteiger partial charge on any atom is 0.326 e. The first-order chi connectivity index (χ1) is 12.1. The van der Waals surface area contributed by atoms with Gasteiger partial charge in [-0.25, -0.2) is 4.39 Å². The van der Waals surface area contributed by atoms with E-state index in [9.17, 15) is 14.0 Å². The van der Waals surface area contributed by atoms with E-state index in [1.807, 2.05) is 19.0 Å². The molecule has 7 heteroatoms. The van der Waals surface area contributed by atoms with Crippen LogP contribution < -0.4 is 0 Å². The van der Waals surface area contributed by atoms with Crippen molar-refractivity contribution in [3.8, 4) is 0 Å². The van der Waals surface area contributed by atoms with Gasteiger partial charge >= 0.3 is 5.97 Å². The van der Waals surface area contributed by atoms with Crippen molar-refractivity contribution in [1.82, 2.24) is 9.80 Å². The smallest absolute Gasteiger partial charge is 0.326 e. The minimum atomic E-state index is -0.617.